The molecule has 23 heteroatoms. The van der Waals surface area contributed by atoms with E-state index in [0.29, 0.717) is 68.7 Å². The number of thioether (sulfide) groups is 1. The van der Waals surface area contributed by atoms with E-state index >= 15 is 0 Å². The van der Waals surface area contributed by atoms with Crippen LogP contribution in [-0.2, 0) is 60.7 Å². The van der Waals surface area contributed by atoms with E-state index in [-0.39, 0.29) is 133 Å². The summed E-state index contributed by atoms with van der Waals surface area (Å²) in [6, 6.07) is 5.64. The first-order valence-electron chi connectivity index (χ1n) is 32.5. The predicted molar refractivity (Wildman–Crippen MR) is 352 cm³/mol. The number of benzene rings is 1. The number of aliphatic carboxylic acids is 1. The summed E-state index contributed by atoms with van der Waals surface area (Å²) in [6.07, 6.45) is 10.6. The van der Waals surface area contributed by atoms with Gasteiger partial charge in [-0.15, -0.1) is 11.3 Å². The number of thiazole rings is 1. The number of hydrogen-bond donors (Lipinski definition) is 5. The quantitative estimate of drug-likeness (QED) is 0.0180. The van der Waals surface area contributed by atoms with Gasteiger partial charge in [-0.25, -0.2) is 9.78 Å². The molecule has 2 aliphatic heterocycles. The van der Waals surface area contributed by atoms with Gasteiger partial charge in [0.15, 0.2) is 23.5 Å². The van der Waals surface area contributed by atoms with Crippen LogP contribution in [0, 0.1) is 35.5 Å². The van der Waals surface area contributed by atoms with Crippen LogP contribution in [0.25, 0.3) is 0 Å². The van der Waals surface area contributed by atoms with Gasteiger partial charge in [0.1, 0.15) is 16.5 Å². The second-order valence-electron chi connectivity index (χ2n) is 25.3. The Morgan fingerprint density at radius 1 is 0.889 bits per heavy atom. The fraction of sp³-hybridized carbons (Fsp3) is 0.701. The van der Waals surface area contributed by atoms with Crippen molar-refractivity contribution in [3.05, 3.63) is 51.5 Å². The van der Waals surface area contributed by atoms with Gasteiger partial charge < -0.3 is 36.4 Å². The number of urea groups is 1. The van der Waals surface area contributed by atoms with E-state index in [4.69, 9.17) is 10.5 Å². The van der Waals surface area contributed by atoms with Crippen molar-refractivity contribution in [1.82, 2.24) is 35.6 Å². The Kier molecular flexibility index (Phi) is 34.9. The topological polar surface area (TPSA) is 302 Å². The number of piperidine rings is 1. The number of nitrogens with zero attached hydrogens (tertiary/aromatic N) is 4. The minimum absolute atomic E-state index is 0.00171. The lowest BCUT2D eigenvalue weighted by atomic mass is 9.82. The summed E-state index contributed by atoms with van der Waals surface area (Å²) >= 11 is 2.67. The molecule has 2 unspecified atom stereocenters. The first-order valence-corrected chi connectivity index (χ1v) is 34.6. The van der Waals surface area contributed by atoms with E-state index in [1.165, 1.54) is 41.8 Å². The number of ketones is 4. The summed E-state index contributed by atoms with van der Waals surface area (Å²) in [5.41, 5.74) is 7.28. The molecule has 2 aliphatic rings. The number of hydrogen-bond acceptors (Lipinski definition) is 17. The molecule has 0 saturated carbocycles. The van der Waals surface area contributed by atoms with Crippen LogP contribution in [0.1, 0.15) is 205 Å². The minimum Gasteiger partial charge on any atom is -0.481 e. The zero-order chi connectivity index (χ0) is 67.4. The molecule has 1 aromatic heterocycles. The average molecular weight is 1300 g/mol. The van der Waals surface area contributed by atoms with Crippen LogP contribution in [0.2, 0.25) is 0 Å². The normalized spacial score (nSPS) is 17.9. The van der Waals surface area contributed by atoms with Gasteiger partial charge in [-0.05, 0) is 114 Å². The number of nitrogens with two attached hydrogens (primary N) is 1. The number of nitrogens with one attached hydrogen (secondary N) is 3. The van der Waals surface area contributed by atoms with Crippen molar-refractivity contribution in [2.75, 3.05) is 46.5 Å². The molecule has 1 aromatic carbocycles. The highest BCUT2D eigenvalue weighted by atomic mass is 32.2. The van der Waals surface area contributed by atoms with E-state index in [0.717, 1.165) is 49.8 Å². The number of carboxylic acids is 1. The van der Waals surface area contributed by atoms with E-state index < -0.39 is 47.9 Å². The van der Waals surface area contributed by atoms with Gasteiger partial charge in [-0.1, -0.05) is 98.9 Å². The molecular weight excluding hydrogens is 1190 g/mol. The lowest BCUT2D eigenvalue weighted by Crippen LogP contribution is -2.50. The maximum absolute atomic E-state index is 14.3. The average Bonchev–Trinajstić information content (AvgIpc) is 1.68. The van der Waals surface area contributed by atoms with Crippen molar-refractivity contribution >= 4 is 87.8 Å². The first kappa shape index (κ1) is 78.3. The molecule has 6 amide bonds. The molecule has 21 nitrogen and oxygen atoms in total. The Labute approximate surface area is 543 Å². The highest BCUT2D eigenvalue weighted by Gasteiger charge is 2.40. The van der Waals surface area contributed by atoms with Crippen molar-refractivity contribution in [2.24, 2.45) is 41.2 Å². The van der Waals surface area contributed by atoms with Crippen LogP contribution in [-0.4, -0.2) is 165 Å². The largest absolute Gasteiger partial charge is 0.481 e. The molecular formula is C67H106N8O13S2. The molecule has 10 atom stereocenters. The molecule has 3 heterocycles. The number of carbonyl (C=O) groups excluding carboxylic acids is 10. The number of ether oxygens (including phenoxy) is 1. The number of primary amides is 1. The predicted octanol–water partition coefficient (Wildman–Crippen LogP) is 8.96. The van der Waals surface area contributed by atoms with Crippen molar-refractivity contribution in [2.45, 2.75) is 220 Å². The summed E-state index contributed by atoms with van der Waals surface area (Å²) < 4.78 is 5.70. The molecule has 0 spiro atoms. The fourth-order valence-electron chi connectivity index (χ4n) is 11.7. The Balaban J connectivity index is 0.000000487. The van der Waals surface area contributed by atoms with Gasteiger partial charge in [0.05, 0.1) is 23.3 Å². The number of rotatable bonds is 40. The molecule has 4 rings (SSSR count). The Morgan fingerprint density at radius 2 is 1.57 bits per heavy atom. The number of likely N-dealkylation sites (N-methyl/N-ethyl adjacent to an activating group) is 2. The van der Waals surface area contributed by atoms with Crippen LogP contribution >= 0.6 is 23.1 Å². The van der Waals surface area contributed by atoms with E-state index in [1.807, 2.05) is 63.2 Å². The first-order chi connectivity index (χ1) is 42.6. The summed E-state index contributed by atoms with van der Waals surface area (Å²) in [7, 11) is 3.80. The Bertz CT molecular complexity index is 2690. The molecule has 90 heavy (non-hydrogen) atoms. The minimum atomic E-state index is -0.841. The van der Waals surface area contributed by atoms with E-state index in [9.17, 15) is 57.8 Å². The Morgan fingerprint density at radius 3 is 2.11 bits per heavy atom. The van der Waals surface area contributed by atoms with Gasteiger partial charge in [0.25, 0.3) is 0 Å². The smallest absolute Gasteiger partial charge is 0.312 e. The second kappa shape index (κ2) is 40.2. The van der Waals surface area contributed by atoms with E-state index in [2.05, 4.69) is 53.5 Å². The molecule has 0 aliphatic carbocycles. The second-order valence-corrected chi connectivity index (χ2v) is 27.2. The fourth-order valence-corrected chi connectivity index (χ4v) is 13.2. The summed E-state index contributed by atoms with van der Waals surface area (Å²) in [4.78, 5) is 148. The molecule has 504 valence electrons. The number of imide groups is 1. The van der Waals surface area contributed by atoms with Crippen molar-refractivity contribution in [1.29, 1.82) is 0 Å². The third-order valence-corrected chi connectivity index (χ3v) is 19.4. The van der Waals surface area contributed by atoms with Gasteiger partial charge >= 0.3 is 18.0 Å². The monoisotopic (exact) mass is 1290 g/mol. The third kappa shape index (κ3) is 26.0. The zero-order valence-corrected chi connectivity index (χ0v) is 57.5. The molecule has 6 N–H and O–H groups in total. The molecule has 0 radical (unpaired) electrons. The van der Waals surface area contributed by atoms with Crippen LogP contribution in [0.3, 0.4) is 0 Å². The van der Waals surface area contributed by atoms with Gasteiger partial charge in [-0.2, -0.15) is 11.8 Å². The standard InChI is InChI=1S/C37H57N5O8S.C30H49N3O5S/c1-23(2)29(21-28(43)10-7-6-8-17-42-33(45)22-32(51-5)35(42)47)34(46)41-30(11-9-16-40-37(38)50)31(44)20-26-14-12-25(13-15-26)19-27(39-4)18-24(3)36(48)49;1-9-14-33(30(37)23(20(5)10-2)16-27(36)25-13-11-12-15-32(25)8)26(19(3)4)17-28(38-22(7)35)29-31-24(18-39-29)21(6)34/h12-15,23-24,27,29-30,32,39H,6-11,16-22H2,1-5H3,(H,41,46)(H,48,49)(H3,38,40,50);18-20,23,25-26,28H,9-17H2,1-8H3/t24?,27-,29+,30+,32?;20-,23-,25+,26+,28+/m10/s1. The van der Waals surface area contributed by atoms with Crippen LogP contribution in [0.4, 0.5) is 4.79 Å². The number of unbranched alkanes of at least 4 members (excludes halogenated alkanes) is 2. The van der Waals surface area contributed by atoms with Crippen molar-refractivity contribution in [3.8, 4) is 0 Å². The molecule has 2 saturated heterocycles. The summed E-state index contributed by atoms with van der Waals surface area (Å²) in [5, 5.41) is 19.8. The van der Waals surface area contributed by atoms with E-state index in [1.54, 1.807) is 19.4 Å². The van der Waals surface area contributed by atoms with Crippen LogP contribution < -0.4 is 21.7 Å². The number of likely N-dealkylation sites (tertiary alicyclic amines) is 2. The third-order valence-electron chi connectivity index (χ3n) is 17.5. The Hall–Kier alpha value is -5.91. The summed E-state index contributed by atoms with van der Waals surface area (Å²) in [5.74, 6) is -3.75. The number of esters is 1. The SMILES string of the molecule is CCCN(C(=O)[C@@H](CC(=O)[C@H]1CCCCN1C)[C@@H](C)CC)[C@H](C[C@@H](OC(C)=O)c1nc(C(C)=O)cs1)C(C)C.CN[C@@H](Cc1ccc(CC(=O)[C@H](CCCNC(N)=O)NC(=O)[C@@H](CC(=O)CCCCCN2C(=O)CC(SC)C2=O)C(C)C)cc1)CC(C)C(=O)O. The molecule has 0 bridgehead atoms. The van der Waals surface area contributed by atoms with Crippen LogP contribution in [0.15, 0.2) is 29.6 Å². The van der Waals surface area contributed by atoms with Gasteiger partial charge in [0.2, 0.25) is 23.6 Å². The molecule has 2 fully saturated rings. The highest BCUT2D eigenvalue weighted by Crippen LogP contribution is 2.34. The number of amides is 6. The number of carboxylic acid groups (broad SMARTS) is 1. The van der Waals surface area contributed by atoms with Gasteiger partial charge in [0, 0.05) is 101 Å². The number of carbonyl (C=O) groups is 11. The molecule has 2 aromatic rings. The lowest BCUT2D eigenvalue weighted by Gasteiger charge is -2.39. The highest BCUT2D eigenvalue weighted by molar-refractivity contribution is 8.00. The lowest BCUT2D eigenvalue weighted by molar-refractivity contribution is -0.150. The maximum atomic E-state index is 14.3. The van der Waals surface area contributed by atoms with Crippen molar-refractivity contribution < 1.29 is 62.6 Å². The zero-order valence-electron chi connectivity index (χ0n) is 55.9. The summed E-state index contributed by atoms with van der Waals surface area (Å²) in [6.45, 7) is 20.6. The number of aromatic nitrogens is 1. The maximum Gasteiger partial charge on any atom is 0.312 e. The van der Waals surface area contributed by atoms with Gasteiger partial charge in [-0.3, -0.25) is 57.7 Å². The number of Topliss-reactive ketones (excluding diaryl/α,β-unsaturated/α-hetero) is 4. The van der Waals surface area contributed by atoms with Crippen molar-refractivity contribution in [3.63, 3.8) is 0 Å². The van der Waals surface area contributed by atoms with Crippen LogP contribution in [0.5, 0.6) is 0 Å².